The van der Waals surface area contributed by atoms with Gasteiger partial charge in [0.2, 0.25) is 0 Å². The quantitative estimate of drug-likeness (QED) is 0.188. The van der Waals surface area contributed by atoms with Crippen LogP contribution in [0, 0.1) is 6.92 Å². The number of rotatable bonds is 5. The molecular weight excluding hydrogens is 691 g/mol. The molecule has 3 heteroatoms. The summed E-state index contributed by atoms with van der Waals surface area (Å²) in [5, 5.41) is 3.70. The Morgan fingerprint density at radius 1 is 0.632 bits per heavy atom. The highest BCUT2D eigenvalue weighted by Gasteiger charge is 2.52. The lowest BCUT2D eigenvalue weighted by molar-refractivity contribution is 0.755. The van der Waals surface area contributed by atoms with Gasteiger partial charge in [-0.15, -0.1) is 0 Å². The number of benzene rings is 6. The monoisotopic (exact) mass is 731 g/mol. The highest BCUT2D eigenvalue weighted by Crippen LogP contribution is 2.63. The zero-order chi connectivity index (χ0) is 38.1. The van der Waals surface area contributed by atoms with Crippen LogP contribution in [-0.4, -0.2) is 11.7 Å². The van der Waals surface area contributed by atoms with E-state index in [0.717, 1.165) is 46.8 Å². The first-order chi connectivity index (χ1) is 28.1. The summed E-state index contributed by atoms with van der Waals surface area (Å²) in [6.45, 7) is 6.96. The van der Waals surface area contributed by atoms with Crippen LogP contribution in [0.25, 0.3) is 22.3 Å². The molecule has 3 nitrogen and oxygen atoms in total. The van der Waals surface area contributed by atoms with Crippen molar-refractivity contribution in [2.24, 2.45) is 9.98 Å². The molecule has 2 unspecified atom stereocenters. The molecule has 0 bridgehead atoms. The molecular formula is C54H41N3. The summed E-state index contributed by atoms with van der Waals surface area (Å²) in [5.74, 6) is 1.53. The minimum Gasteiger partial charge on any atom is -0.324 e. The molecule has 0 fully saturated rings. The third-order valence-corrected chi connectivity index (χ3v) is 12.6. The number of aryl methyl sites for hydroxylation is 1. The summed E-state index contributed by atoms with van der Waals surface area (Å²) in [7, 11) is 0. The molecule has 0 amide bonds. The average Bonchev–Trinajstić information content (AvgIpc) is 3.74. The lowest BCUT2D eigenvalue weighted by Crippen LogP contribution is -2.37. The van der Waals surface area contributed by atoms with E-state index in [-0.39, 0.29) is 17.5 Å². The lowest BCUT2D eigenvalue weighted by Gasteiger charge is -2.33. The summed E-state index contributed by atoms with van der Waals surface area (Å²) in [5.41, 5.74) is 19.8. The zero-order valence-electron chi connectivity index (χ0n) is 31.9. The first kappa shape index (κ1) is 33.5. The van der Waals surface area contributed by atoms with Crippen LogP contribution in [0.15, 0.2) is 204 Å². The van der Waals surface area contributed by atoms with Gasteiger partial charge in [0.1, 0.15) is 11.7 Å². The Labute approximate surface area is 334 Å². The maximum absolute atomic E-state index is 5.34. The third-order valence-electron chi connectivity index (χ3n) is 12.6. The van der Waals surface area contributed by atoms with E-state index in [0.29, 0.717) is 0 Å². The van der Waals surface area contributed by atoms with Crippen molar-refractivity contribution in [3.05, 3.63) is 249 Å². The number of amidine groups is 2. The molecule has 0 radical (unpaired) electrons. The van der Waals surface area contributed by atoms with Gasteiger partial charge in [-0.1, -0.05) is 176 Å². The molecule has 1 aliphatic heterocycles. The van der Waals surface area contributed by atoms with E-state index < -0.39 is 0 Å². The zero-order valence-corrected chi connectivity index (χ0v) is 31.9. The van der Waals surface area contributed by atoms with Gasteiger partial charge in [-0.25, -0.2) is 9.98 Å². The van der Waals surface area contributed by atoms with Crippen LogP contribution in [0.4, 0.5) is 0 Å². The number of allylic oxidation sites excluding steroid dienone is 9. The van der Waals surface area contributed by atoms with E-state index in [2.05, 4.69) is 176 Å². The Hall–Kier alpha value is -6.84. The number of hydrogen-bond acceptors (Lipinski definition) is 3. The van der Waals surface area contributed by atoms with Crippen molar-refractivity contribution in [1.82, 2.24) is 5.32 Å². The Morgan fingerprint density at radius 3 is 2.09 bits per heavy atom. The van der Waals surface area contributed by atoms with Gasteiger partial charge in [-0.3, -0.25) is 0 Å². The molecule has 5 aliphatic rings. The van der Waals surface area contributed by atoms with Gasteiger partial charge < -0.3 is 5.32 Å². The van der Waals surface area contributed by atoms with Crippen LogP contribution >= 0.6 is 0 Å². The van der Waals surface area contributed by atoms with Crippen molar-refractivity contribution < 1.29 is 0 Å². The summed E-state index contributed by atoms with van der Waals surface area (Å²) < 4.78 is 0. The fraction of sp³-hybridized carbons (Fsp3) is 0.111. The van der Waals surface area contributed by atoms with Crippen molar-refractivity contribution >= 4 is 22.8 Å². The largest absolute Gasteiger partial charge is 0.324 e. The van der Waals surface area contributed by atoms with E-state index in [4.69, 9.17) is 16.6 Å². The molecule has 1 N–H and O–H groups in total. The number of nitrogens with zero attached hydrogens (tertiary/aromatic N) is 2. The van der Waals surface area contributed by atoms with Gasteiger partial charge in [-0.2, -0.15) is 0 Å². The van der Waals surface area contributed by atoms with Gasteiger partial charge in [0.05, 0.1) is 5.41 Å². The lowest BCUT2D eigenvalue weighted by atomic mass is 9.68. The minimum atomic E-state index is -0.381. The average molecular weight is 732 g/mol. The number of fused-ring (bicyclic) bond motifs is 9. The van der Waals surface area contributed by atoms with Crippen LogP contribution in [0.3, 0.4) is 0 Å². The molecule has 6 aromatic carbocycles. The standard InChI is InChI=1S/C54H41N3/c1-34-17-15-26-39(38-31-32-43-42-25-11-14-30-47(42)54(48(43)33-38)45-28-12-9-23-40(45)41-24-10-13-29-46(41)54)49(34)50-35(2)18-16-27-44(50)53-56-51(36-19-5-3-6-20-36)55-52(57-53)37-21-7-4-8-22-37/h3-10,12-24,26-33,49,51H,1,11,25H2,2H3,(H,55,56,57). The summed E-state index contributed by atoms with van der Waals surface area (Å²) in [4.78, 5) is 10.5. The Kier molecular flexibility index (Phi) is 7.72. The smallest absolute Gasteiger partial charge is 0.169 e. The minimum absolute atomic E-state index is 0.0917. The predicted molar refractivity (Wildman–Crippen MR) is 236 cm³/mol. The number of aliphatic imine (C=N–C) groups is 2. The van der Waals surface area contributed by atoms with E-state index in [1.165, 1.54) is 66.8 Å². The molecule has 0 saturated heterocycles. The van der Waals surface area contributed by atoms with Crippen LogP contribution < -0.4 is 5.32 Å². The molecule has 1 heterocycles. The van der Waals surface area contributed by atoms with Gasteiger partial charge >= 0.3 is 0 Å². The molecule has 4 aliphatic carbocycles. The highest BCUT2D eigenvalue weighted by molar-refractivity contribution is 6.16. The van der Waals surface area contributed by atoms with Crippen molar-refractivity contribution in [2.75, 3.05) is 0 Å². The van der Waals surface area contributed by atoms with Crippen molar-refractivity contribution in [2.45, 2.75) is 37.3 Å². The summed E-state index contributed by atoms with van der Waals surface area (Å²) in [6.07, 6.45) is 13.2. The molecule has 57 heavy (non-hydrogen) atoms. The molecule has 11 rings (SSSR count). The fourth-order valence-electron chi connectivity index (χ4n) is 10.2. The van der Waals surface area contributed by atoms with E-state index in [9.17, 15) is 0 Å². The summed E-state index contributed by atoms with van der Waals surface area (Å²) >= 11 is 0. The number of nitrogens with one attached hydrogen (secondary N) is 1. The first-order valence-corrected chi connectivity index (χ1v) is 20.1. The molecule has 272 valence electrons. The summed E-state index contributed by atoms with van der Waals surface area (Å²) in [6, 6.07) is 52.8. The Balaban J connectivity index is 1.08. The van der Waals surface area contributed by atoms with Gasteiger partial charge in [0.15, 0.2) is 6.17 Å². The van der Waals surface area contributed by atoms with E-state index >= 15 is 0 Å². The normalized spacial score (nSPS) is 19.6. The van der Waals surface area contributed by atoms with Crippen LogP contribution in [-0.2, 0) is 5.41 Å². The second kappa shape index (κ2) is 13.1. The van der Waals surface area contributed by atoms with Gasteiger partial charge in [0.25, 0.3) is 0 Å². The van der Waals surface area contributed by atoms with Gasteiger partial charge in [-0.05, 0) is 104 Å². The van der Waals surface area contributed by atoms with E-state index in [1.54, 1.807) is 0 Å². The predicted octanol–water partition coefficient (Wildman–Crippen LogP) is 12.2. The molecule has 0 saturated carbocycles. The second-order valence-electron chi connectivity index (χ2n) is 15.7. The van der Waals surface area contributed by atoms with Crippen LogP contribution in [0.5, 0.6) is 0 Å². The SMILES string of the molecule is C=C1C=CC=C(c2ccc3c(c2)C2(C4=C3CCC=C4)c3ccccc3-c3ccccc32)C1c1c(C)cccc1C1=NC(c2ccccc2)N=C(c2ccccc2)N1. The van der Waals surface area contributed by atoms with Gasteiger partial charge in [0, 0.05) is 17.0 Å². The Morgan fingerprint density at radius 2 is 1.32 bits per heavy atom. The number of hydrogen-bond donors (Lipinski definition) is 1. The van der Waals surface area contributed by atoms with E-state index in [1.807, 2.05) is 12.1 Å². The van der Waals surface area contributed by atoms with Crippen LogP contribution in [0.1, 0.15) is 80.6 Å². The molecule has 1 spiro atoms. The van der Waals surface area contributed by atoms with Crippen molar-refractivity contribution in [3.63, 3.8) is 0 Å². The second-order valence-corrected chi connectivity index (χ2v) is 15.7. The van der Waals surface area contributed by atoms with Crippen molar-refractivity contribution in [3.8, 4) is 11.1 Å². The molecule has 6 aromatic rings. The molecule has 0 aromatic heterocycles. The van der Waals surface area contributed by atoms with Crippen LogP contribution in [0.2, 0.25) is 0 Å². The maximum Gasteiger partial charge on any atom is 0.169 e. The fourth-order valence-corrected chi connectivity index (χ4v) is 10.2. The Bertz CT molecular complexity index is 2800. The first-order valence-electron chi connectivity index (χ1n) is 20.1. The maximum atomic E-state index is 5.34. The topological polar surface area (TPSA) is 36.8 Å². The molecule has 2 atom stereocenters. The highest BCUT2D eigenvalue weighted by atomic mass is 15.2. The van der Waals surface area contributed by atoms with Crippen molar-refractivity contribution in [1.29, 1.82) is 0 Å². The third kappa shape index (κ3) is 5.05.